The molecule has 1 N–H and O–H groups in total. The first-order valence-electron chi connectivity index (χ1n) is 9.66. The van der Waals surface area contributed by atoms with Gasteiger partial charge in [0.15, 0.2) is 0 Å². The number of anilines is 1. The Labute approximate surface area is 190 Å². The third kappa shape index (κ3) is 6.20. The van der Waals surface area contributed by atoms with Gasteiger partial charge in [0.05, 0.1) is 22.1 Å². The van der Waals surface area contributed by atoms with Gasteiger partial charge in [-0.15, -0.1) is 11.3 Å². The maximum atomic E-state index is 13.4. The molecular weight excluding hydrogens is 453 g/mol. The number of nitrogens with one attached hydrogen (secondary N) is 1. The zero-order valence-electron chi connectivity index (χ0n) is 17.3. The van der Waals surface area contributed by atoms with Crippen LogP contribution in [0.4, 0.5) is 15.8 Å². The maximum absolute atomic E-state index is 13.4. The molecule has 0 bridgehead atoms. The van der Waals surface area contributed by atoms with E-state index in [0.717, 1.165) is 28.0 Å². The van der Waals surface area contributed by atoms with Crippen molar-refractivity contribution in [1.29, 1.82) is 0 Å². The van der Waals surface area contributed by atoms with Crippen molar-refractivity contribution in [2.24, 2.45) is 0 Å². The van der Waals surface area contributed by atoms with Gasteiger partial charge in [0.1, 0.15) is 17.0 Å². The number of amides is 1. The Balaban J connectivity index is 1.99. The van der Waals surface area contributed by atoms with Crippen molar-refractivity contribution in [2.75, 3.05) is 11.9 Å². The van der Waals surface area contributed by atoms with Crippen LogP contribution in [-0.2, 0) is 20.9 Å². The third-order valence-electron chi connectivity index (χ3n) is 4.28. The highest BCUT2D eigenvalue weighted by Crippen LogP contribution is 2.12. The van der Waals surface area contributed by atoms with E-state index in [1.807, 2.05) is 0 Å². The van der Waals surface area contributed by atoms with Gasteiger partial charge in [-0.1, -0.05) is 6.07 Å². The Kier molecular flexibility index (Phi) is 7.46. The van der Waals surface area contributed by atoms with Crippen molar-refractivity contribution in [3.05, 3.63) is 89.6 Å². The molecular formula is C22H18FN3O6S. The van der Waals surface area contributed by atoms with Crippen LogP contribution < -0.4 is 20.1 Å². The lowest BCUT2D eigenvalue weighted by atomic mass is 10.2. The highest BCUT2D eigenvalue weighted by molar-refractivity contribution is 7.07. The number of esters is 1. The zero-order valence-corrected chi connectivity index (χ0v) is 18.1. The lowest BCUT2D eigenvalue weighted by Crippen LogP contribution is -2.36. The Hall–Kier alpha value is -4.12. The standard InChI is InChI=1S/C22H18FN3O6S/c1-2-32-21(28)12-20-25(13-19(27)24-16-5-3-4-15(23)11-16)22(29)18(33-20)10-14-6-8-17(9-7-14)26(30)31/h3-12H,2,13H2,1H3,(H,24,27)/b18-10-,20-12-. The molecule has 2 aromatic carbocycles. The Morgan fingerprint density at radius 2 is 1.97 bits per heavy atom. The first-order chi connectivity index (χ1) is 15.8. The summed E-state index contributed by atoms with van der Waals surface area (Å²) in [5.41, 5.74) is 0.110. The van der Waals surface area contributed by atoms with E-state index in [4.69, 9.17) is 4.74 Å². The van der Waals surface area contributed by atoms with Gasteiger partial charge in [-0.2, -0.15) is 0 Å². The second kappa shape index (κ2) is 10.5. The number of benzene rings is 2. The van der Waals surface area contributed by atoms with Gasteiger partial charge < -0.3 is 10.1 Å². The molecule has 170 valence electrons. The maximum Gasteiger partial charge on any atom is 0.333 e. The monoisotopic (exact) mass is 471 g/mol. The number of ether oxygens (including phenoxy) is 1. The second-order valence-corrected chi connectivity index (χ2v) is 7.71. The normalized spacial score (nSPS) is 11.9. The minimum Gasteiger partial charge on any atom is -0.463 e. The fourth-order valence-corrected chi connectivity index (χ4v) is 3.86. The van der Waals surface area contributed by atoms with Crippen molar-refractivity contribution in [3.8, 4) is 0 Å². The summed E-state index contributed by atoms with van der Waals surface area (Å²) in [5.74, 6) is -1.81. The summed E-state index contributed by atoms with van der Waals surface area (Å²) in [7, 11) is 0. The number of rotatable bonds is 7. The van der Waals surface area contributed by atoms with Gasteiger partial charge in [0.25, 0.3) is 11.2 Å². The summed E-state index contributed by atoms with van der Waals surface area (Å²) in [5, 5.41) is 13.3. The number of carbonyl (C=O) groups is 2. The molecule has 1 aromatic heterocycles. The summed E-state index contributed by atoms with van der Waals surface area (Å²) in [6, 6.07) is 10.8. The molecule has 0 spiro atoms. The zero-order chi connectivity index (χ0) is 24.0. The number of non-ortho nitro benzene ring substituents is 1. The highest BCUT2D eigenvalue weighted by Gasteiger charge is 2.12. The molecule has 3 aromatic rings. The number of hydrogen-bond acceptors (Lipinski definition) is 7. The van der Waals surface area contributed by atoms with Crippen molar-refractivity contribution in [3.63, 3.8) is 0 Å². The van der Waals surface area contributed by atoms with Crippen LogP contribution in [0.25, 0.3) is 12.2 Å². The molecule has 33 heavy (non-hydrogen) atoms. The summed E-state index contributed by atoms with van der Waals surface area (Å²) in [6.07, 6.45) is 2.61. The summed E-state index contributed by atoms with van der Waals surface area (Å²) in [4.78, 5) is 47.7. The van der Waals surface area contributed by atoms with Gasteiger partial charge in [0, 0.05) is 17.8 Å². The van der Waals surface area contributed by atoms with E-state index in [1.54, 1.807) is 6.92 Å². The predicted octanol–water partition coefficient (Wildman–Crippen LogP) is 1.77. The Morgan fingerprint density at radius 1 is 1.24 bits per heavy atom. The van der Waals surface area contributed by atoms with Crippen LogP contribution in [0.15, 0.2) is 53.3 Å². The number of hydrogen-bond donors (Lipinski definition) is 1. The van der Waals surface area contributed by atoms with Crippen molar-refractivity contribution in [2.45, 2.75) is 13.5 Å². The SMILES string of the molecule is CCOC(=O)/C=c1\s/c(=C\c2ccc([N+](=O)[O-])cc2)c(=O)n1CC(=O)Nc1cccc(F)c1. The summed E-state index contributed by atoms with van der Waals surface area (Å²) in [6.45, 7) is 1.34. The molecule has 0 saturated heterocycles. The van der Waals surface area contributed by atoms with Crippen LogP contribution in [0.1, 0.15) is 12.5 Å². The van der Waals surface area contributed by atoms with Crippen LogP contribution in [0.5, 0.6) is 0 Å². The number of nitrogens with zero attached hydrogens (tertiary/aromatic N) is 2. The molecule has 0 fully saturated rings. The molecule has 0 aliphatic rings. The van der Waals surface area contributed by atoms with Gasteiger partial charge in [-0.3, -0.25) is 24.3 Å². The van der Waals surface area contributed by atoms with Crippen LogP contribution in [-0.4, -0.2) is 28.0 Å². The highest BCUT2D eigenvalue weighted by atomic mass is 32.1. The van der Waals surface area contributed by atoms with E-state index in [0.29, 0.717) is 5.56 Å². The fourth-order valence-electron chi connectivity index (χ4n) is 2.83. The molecule has 0 atom stereocenters. The molecule has 9 nitrogen and oxygen atoms in total. The number of halogens is 1. The second-order valence-electron chi connectivity index (χ2n) is 6.64. The van der Waals surface area contributed by atoms with Gasteiger partial charge in [0.2, 0.25) is 5.91 Å². The molecule has 3 rings (SSSR count). The smallest absolute Gasteiger partial charge is 0.333 e. The van der Waals surface area contributed by atoms with Crippen LogP contribution >= 0.6 is 11.3 Å². The minimum atomic E-state index is -0.681. The number of nitro benzene ring substituents is 1. The van der Waals surface area contributed by atoms with Gasteiger partial charge >= 0.3 is 5.97 Å². The number of aromatic nitrogens is 1. The number of carbonyl (C=O) groups excluding carboxylic acids is 2. The topological polar surface area (TPSA) is 121 Å². The van der Waals surface area contributed by atoms with E-state index in [9.17, 15) is 28.9 Å². The minimum absolute atomic E-state index is 0.0962. The molecule has 0 unspecified atom stereocenters. The lowest BCUT2D eigenvalue weighted by Gasteiger charge is -2.06. The van der Waals surface area contributed by atoms with E-state index < -0.39 is 34.7 Å². The van der Waals surface area contributed by atoms with Crippen LogP contribution in [0.2, 0.25) is 0 Å². The average Bonchev–Trinajstić information content (AvgIpc) is 3.03. The van der Waals surface area contributed by atoms with E-state index in [1.165, 1.54) is 48.5 Å². The molecule has 0 aliphatic heterocycles. The lowest BCUT2D eigenvalue weighted by molar-refractivity contribution is -0.384. The average molecular weight is 471 g/mol. The number of thiazole rings is 1. The van der Waals surface area contributed by atoms with Crippen molar-refractivity contribution < 1.29 is 23.6 Å². The molecule has 0 radical (unpaired) electrons. The van der Waals surface area contributed by atoms with Crippen LogP contribution in [0, 0.1) is 15.9 Å². The van der Waals surface area contributed by atoms with Gasteiger partial charge in [-0.05, 0) is 48.9 Å². The quantitative estimate of drug-likeness (QED) is 0.319. The molecule has 0 saturated carbocycles. The third-order valence-corrected chi connectivity index (χ3v) is 5.34. The summed E-state index contributed by atoms with van der Waals surface area (Å²) >= 11 is 0.961. The molecule has 11 heteroatoms. The first kappa shape index (κ1) is 23.5. The van der Waals surface area contributed by atoms with Crippen LogP contribution in [0.3, 0.4) is 0 Å². The number of nitro groups is 1. The van der Waals surface area contributed by atoms with Gasteiger partial charge in [-0.25, -0.2) is 9.18 Å². The largest absolute Gasteiger partial charge is 0.463 e. The van der Waals surface area contributed by atoms with E-state index in [2.05, 4.69) is 5.32 Å². The predicted molar refractivity (Wildman–Crippen MR) is 121 cm³/mol. The van der Waals surface area contributed by atoms with Crippen molar-refractivity contribution in [1.82, 2.24) is 4.57 Å². The van der Waals surface area contributed by atoms with E-state index >= 15 is 0 Å². The molecule has 1 heterocycles. The molecule has 0 aliphatic carbocycles. The summed E-state index contributed by atoms with van der Waals surface area (Å²) < 4.78 is 19.8. The molecule has 1 amide bonds. The Morgan fingerprint density at radius 3 is 2.61 bits per heavy atom. The fraction of sp³-hybridized carbons (Fsp3) is 0.136. The first-order valence-corrected chi connectivity index (χ1v) is 10.5. The van der Waals surface area contributed by atoms with E-state index in [-0.39, 0.29) is 27.2 Å². The van der Waals surface area contributed by atoms with Crippen molar-refractivity contribution >= 4 is 46.7 Å². The Bertz CT molecular complexity index is 1380.